The fraction of sp³-hybridized carbons (Fsp3) is 0.647. The molecular formula is C17H27NO. The molecule has 19 heavy (non-hydrogen) atoms. The quantitative estimate of drug-likeness (QED) is 0.890. The number of ether oxygens (including phenoxy) is 1. The molecule has 1 saturated heterocycles. The second kappa shape index (κ2) is 5.54. The molecule has 0 radical (unpaired) electrons. The first-order valence-electron chi connectivity index (χ1n) is 7.31. The van der Waals surface area contributed by atoms with Crippen molar-refractivity contribution in [1.29, 1.82) is 0 Å². The maximum Gasteiger partial charge on any atom is 0.119 e. The molecule has 1 atom stereocenters. The summed E-state index contributed by atoms with van der Waals surface area (Å²) in [5.74, 6) is 0.960. The van der Waals surface area contributed by atoms with Crippen molar-refractivity contribution in [3.8, 4) is 5.75 Å². The molecule has 0 bridgehead atoms. The molecule has 0 saturated carbocycles. The largest absolute Gasteiger partial charge is 0.497 e. The van der Waals surface area contributed by atoms with E-state index < -0.39 is 0 Å². The predicted molar refractivity (Wildman–Crippen MR) is 80.7 cm³/mol. The first kappa shape index (κ1) is 14.4. The molecule has 2 rings (SSSR count). The van der Waals surface area contributed by atoms with Gasteiger partial charge in [0.25, 0.3) is 0 Å². The predicted octanol–water partition coefficient (Wildman–Crippen LogP) is 3.80. The Bertz CT molecular complexity index is 414. The molecule has 2 nitrogen and oxygen atoms in total. The molecule has 0 aromatic heterocycles. The highest BCUT2D eigenvalue weighted by Gasteiger charge is 2.37. The molecule has 1 heterocycles. The van der Waals surface area contributed by atoms with E-state index in [9.17, 15) is 0 Å². The van der Waals surface area contributed by atoms with Crippen LogP contribution in [0.4, 0.5) is 0 Å². The van der Waals surface area contributed by atoms with Gasteiger partial charge in [-0.1, -0.05) is 32.9 Å². The average molecular weight is 261 g/mol. The minimum atomic E-state index is 0.268. The van der Waals surface area contributed by atoms with Crippen molar-refractivity contribution in [2.24, 2.45) is 5.41 Å². The van der Waals surface area contributed by atoms with Gasteiger partial charge in [-0.25, -0.2) is 0 Å². The van der Waals surface area contributed by atoms with Crippen molar-refractivity contribution < 1.29 is 4.74 Å². The SMILES string of the molecule is COc1cccc(CC2(CC(C)(C)C)CCCN2)c1. The molecule has 1 aliphatic heterocycles. The Labute approximate surface area is 117 Å². The molecule has 0 spiro atoms. The molecule has 0 aliphatic carbocycles. The van der Waals surface area contributed by atoms with Crippen LogP contribution in [0.2, 0.25) is 0 Å². The molecule has 1 N–H and O–H groups in total. The van der Waals surface area contributed by atoms with Crippen LogP contribution in [-0.4, -0.2) is 19.2 Å². The van der Waals surface area contributed by atoms with Crippen LogP contribution in [0.5, 0.6) is 5.75 Å². The maximum atomic E-state index is 5.33. The summed E-state index contributed by atoms with van der Waals surface area (Å²) < 4.78 is 5.33. The lowest BCUT2D eigenvalue weighted by molar-refractivity contribution is 0.229. The van der Waals surface area contributed by atoms with E-state index in [-0.39, 0.29) is 5.54 Å². The van der Waals surface area contributed by atoms with E-state index in [2.05, 4.69) is 44.3 Å². The summed E-state index contributed by atoms with van der Waals surface area (Å²) in [6.45, 7) is 8.15. The highest BCUT2D eigenvalue weighted by atomic mass is 16.5. The van der Waals surface area contributed by atoms with Gasteiger partial charge < -0.3 is 10.1 Å². The number of hydrogen-bond acceptors (Lipinski definition) is 2. The second-order valence-electron chi connectivity index (χ2n) is 7.08. The molecule has 1 aromatic carbocycles. The monoisotopic (exact) mass is 261 g/mol. The summed E-state index contributed by atoms with van der Waals surface area (Å²) in [5.41, 5.74) is 2.00. The smallest absolute Gasteiger partial charge is 0.119 e. The van der Waals surface area contributed by atoms with Gasteiger partial charge in [0.15, 0.2) is 0 Å². The fourth-order valence-electron chi connectivity index (χ4n) is 3.42. The highest BCUT2D eigenvalue weighted by Crippen LogP contribution is 2.36. The van der Waals surface area contributed by atoms with Crippen LogP contribution in [0, 0.1) is 5.41 Å². The van der Waals surface area contributed by atoms with Gasteiger partial charge in [0.2, 0.25) is 0 Å². The van der Waals surface area contributed by atoms with Gasteiger partial charge in [-0.05, 0) is 55.3 Å². The fourth-order valence-corrected chi connectivity index (χ4v) is 3.42. The molecule has 106 valence electrons. The number of hydrogen-bond donors (Lipinski definition) is 1. The van der Waals surface area contributed by atoms with Crippen molar-refractivity contribution in [2.45, 2.75) is 52.0 Å². The summed E-state index contributed by atoms with van der Waals surface area (Å²) in [6.07, 6.45) is 4.89. The number of nitrogens with one attached hydrogen (secondary N) is 1. The van der Waals surface area contributed by atoms with Gasteiger partial charge in [0.1, 0.15) is 5.75 Å². The summed E-state index contributed by atoms with van der Waals surface area (Å²) in [6, 6.07) is 8.49. The Morgan fingerprint density at radius 3 is 2.68 bits per heavy atom. The Hall–Kier alpha value is -1.02. The van der Waals surface area contributed by atoms with E-state index in [1.807, 2.05) is 6.07 Å². The van der Waals surface area contributed by atoms with Crippen LogP contribution in [-0.2, 0) is 6.42 Å². The Kier molecular flexibility index (Phi) is 4.19. The van der Waals surface area contributed by atoms with Crippen molar-refractivity contribution in [2.75, 3.05) is 13.7 Å². The minimum Gasteiger partial charge on any atom is -0.497 e. The van der Waals surface area contributed by atoms with Gasteiger partial charge in [-0.15, -0.1) is 0 Å². The van der Waals surface area contributed by atoms with Crippen molar-refractivity contribution in [3.63, 3.8) is 0 Å². The minimum absolute atomic E-state index is 0.268. The van der Waals surface area contributed by atoms with Crippen molar-refractivity contribution in [3.05, 3.63) is 29.8 Å². The summed E-state index contributed by atoms with van der Waals surface area (Å²) >= 11 is 0. The first-order chi connectivity index (χ1) is 8.92. The van der Waals surface area contributed by atoms with Gasteiger partial charge in [0.05, 0.1) is 7.11 Å². The third kappa shape index (κ3) is 3.97. The van der Waals surface area contributed by atoms with Crippen LogP contribution < -0.4 is 10.1 Å². The zero-order valence-corrected chi connectivity index (χ0v) is 12.8. The Balaban J connectivity index is 2.16. The van der Waals surface area contributed by atoms with E-state index in [0.29, 0.717) is 5.41 Å². The topological polar surface area (TPSA) is 21.3 Å². The Morgan fingerprint density at radius 1 is 1.32 bits per heavy atom. The zero-order chi connectivity index (χ0) is 13.9. The van der Waals surface area contributed by atoms with E-state index in [4.69, 9.17) is 4.74 Å². The number of rotatable bonds is 4. The van der Waals surface area contributed by atoms with Crippen LogP contribution in [0.1, 0.15) is 45.6 Å². The standard InChI is InChI=1S/C17H27NO/c1-16(2,3)13-17(9-6-10-18-17)12-14-7-5-8-15(11-14)19-4/h5,7-8,11,18H,6,9-10,12-13H2,1-4H3. The Morgan fingerprint density at radius 2 is 2.11 bits per heavy atom. The van der Waals surface area contributed by atoms with Crippen molar-refractivity contribution >= 4 is 0 Å². The molecule has 1 unspecified atom stereocenters. The highest BCUT2D eigenvalue weighted by molar-refractivity contribution is 5.30. The van der Waals surface area contributed by atoms with Crippen LogP contribution >= 0.6 is 0 Å². The van der Waals surface area contributed by atoms with Gasteiger partial charge >= 0.3 is 0 Å². The summed E-state index contributed by atoms with van der Waals surface area (Å²) in [7, 11) is 1.73. The van der Waals surface area contributed by atoms with Crippen LogP contribution in [0.3, 0.4) is 0 Å². The third-order valence-corrected chi connectivity index (χ3v) is 3.88. The molecule has 0 amide bonds. The number of methoxy groups -OCH3 is 1. The molecule has 1 aliphatic rings. The maximum absolute atomic E-state index is 5.33. The lowest BCUT2D eigenvalue weighted by Gasteiger charge is -2.36. The van der Waals surface area contributed by atoms with Gasteiger partial charge in [0, 0.05) is 5.54 Å². The van der Waals surface area contributed by atoms with Crippen LogP contribution in [0.15, 0.2) is 24.3 Å². The molecule has 2 heteroatoms. The van der Waals surface area contributed by atoms with Crippen molar-refractivity contribution in [1.82, 2.24) is 5.32 Å². The van der Waals surface area contributed by atoms with E-state index in [1.165, 1.54) is 24.8 Å². The molecule has 1 aromatic rings. The molecular weight excluding hydrogens is 234 g/mol. The average Bonchev–Trinajstić information content (AvgIpc) is 2.75. The zero-order valence-electron chi connectivity index (χ0n) is 12.8. The normalized spacial score (nSPS) is 23.6. The van der Waals surface area contributed by atoms with Crippen LogP contribution in [0.25, 0.3) is 0 Å². The second-order valence-corrected chi connectivity index (χ2v) is 7.08. The summed E-state index contributed by atoms with van der Waals surface area (Å²) in [4.78, 5) is 0. The lowest BCUT2D eigenvalue weighted by atomic mass is 9.76. The lowest BCUT2D eigenvalue weighted by Crippen LogP contribution is -2.44. The summed E-state index contributed by atoms with van der Waals surface area (Å²) in [5, 5.41) is 3.77. The first-order valence-corrected chi connectivity index (χ1v) is 7.31. The third-order valence-electron chi connectivity index (χ3n) is 3.88. The van der Waals surface area contributed by atoms with E-state index in [1.54, 1.807) is 7.11 Å². The van der Waals surface area contributed by atoms with E-state index in [0.717, 1.165) is 18.7 Å². The van der Waals surface area contributed by atoms with Gasteiger partial charge in [-0.3, -0.25) is 0 Å². The number of benzene rings is 1. The van der Waals surface area contributed by atoms with Gasteiger partial charge in [-0.2, -0.15) is 0 Å². The van der Waals surface area contributed by atoms with E-state index >= 15 is 0 Å². The molecule has 1 fully saturated rings.